The van der Waals surface area contributed by atoms with Crippen molar-refractivity contribution in [2.45, 2.75) is 26.5 Å². The number of aromatic nitrogens is 5. The summed E-state index contributed by atoms with van der Waals surface area (Å²) in [4.78, 5) is 16.1. The molecule has 2 heterocycles. The number of nitrogens with zero attached hydrogens (tertiary/aromatic N) is 5. The van der Waals surface area contributed by atoms with Gasteiger partial charge in [-0.3, -0.25) is 4.79 Å². The Kier molecular flexibility index (Phi) is 5.03. The van der Waals surface area contributed by atoms with E-state index in [2.05, 4.69) is 25.8 Å². The van der Waals surface area contributed by atoms with Gasteiger partial charge in [-0.2, -0.15) is 4.98 Å². The second kappa shape index (κ2) is 7.56. The molecule has 130 valence electrons. The maximum Gasteiger partial charge on any atom is 0.280 e. The fourth-order valence-corrected chi connectivity index (χ4v) is 2.10. The van der Waals surface area contributed by atoms with Crippen LogP contribution in [0.25, 0.3) is 11.6 Å². The Morgan fingerprint density at radius 2 is 2.16 bits per heavy atom. The molecule has 0 radical (unpaired) electrons. The Morgan fingerprint density at radius 1 is 1.36 bits per heavy atom. The number of amides is 1. The van der Waals surface area contributed by atoms with E-state index in [1.807, 2.05) is 18.2 Å². The average Bonchev–Trinajstić information content (AvgIpc) is 3.24. The zero-order chi connectivity index (χ0) is 17.6. The second-order valence-electron chi connectivity index (χ2n) is 5.38. The summed E-state index contributed by atoms with van der Waals surface area (Å²) in [6.45, 7) is 4.29. The highest BCUT2D eigenvalue weighted by Gasteiger charge is 2.14. The normalized spacial score (nSPS) is 11.9. The average molecular weight is 342 g/mol. The fourth-order valence-electron chi connectivity index (χ4n) is 2.10. The number of para-hydroxylation sites is 1. The smallest absolute Gasteiger partial charge is 0.280 e. The third-order valence-electron chi connectivity index (χ3n) is 3.35. The molecular weight excluding hydrogens is 324 g/mol. The molecule has 3 rings (SSSR count). The van der Waals surface area contributed by atoms with Crippen LogP contribution in [0.4, 0.5) is 0 Å². The van der Waals surface area contributed by atoms with Gasteiger partial charge in [-0.1, -0.05) is 28.6 Å². The molecule has 9 heteroatoms. The molecule has 1 aromatic carbocycles. The molecule has 0 bridgehead atoms. The van der Waals surface area contributed by atoms with Gasteiger partial charge >= 0.3 is 0 Å². The van der Waals surface area contributed by atoms with Gasteiger partial charge in [0, 0.05) is 6.54 Å². The number of hydrogen-bond donors (Lipinski definition) is 1. The minimum Gasteiger partial charge on any atom is -0.481 e. The van der Waals surface area contributed by atoms with Gasteiger partial charge in [0.25, 0.3) is 11.8 Å². The molecule has 0 saturated heterocycles. The lowest BCUT2D eigenvalue weighted by atomic mass is 10.3. The van der Waals surface area contributed by atoms with Gasteiger partial charge in [0.15, 0.2) is 17.6 Å². The summed E-state index contributed by atoms with van der Waals surface area (Å²) in [5, 5.41) is 14.4. The van der Waals surface area contributed by atoms with Gasteiger partial charge in [-0.05, 0) is 26.0 Å². The van der Waals surface area contributed by atoms with Crippen LogP contribution in [0.5, 0.6) is 5.75 Å². The van der Waals surface area contributed by atoms with Crippen LogP contribution in [0.2, 0.25) is 0 Å². The number of carbonyl (C=O) groups is 1. The topological polar surface area (TPSA) is 108 Å². The summed E-state index contributed by atoms with van der Waals surface area (Å²) >= 11 is 0. The van der Waals surface area contributed by atoms with Crippen molar-refractivity contribution < 1.29 is 14.1 Å². The molecule has 0 fully saturated rings. The molecule has 0 aliphatic rings. The van der Waals surface area contributed by atoms with Crippen molar-refractivity contribution in [3.8, 4) is 17.3 Å². The summed E-state index contributed by atoms with van der Waals surface area (Å²) in [7, 11) is 0. The van der Waals surface area contributed by atoms with E-state index in [9.17, 15) is 4.79 Å². The molecule has 0 aliphatic carbocycles. The molecular formula is C16H18N6O3. The van der Waals surface area contributed by atoms with Gasteiger partial charge in [0.2, 0.25) is 0 Å². The lowest BCUT2D eigenvalue weighted by molar-refractivity contribution is -0.127. The van der Waals surface area contributed by atoms with E-state index in [1.165, 1.54) is 0 Å². The Labute approximate surface area is 144 Å². The lowest BCUT2D eigenvalue weighted by Crippen LogP contribution is -2.38. The summed E-state index contributed by atoms with van der Waals surface area (Å²) in [6, 6.07) is 9.21. The molecule has 1 atom stereocenters. The lowest BCUT2D eigenvalue weighted by Gasteiger charge is -2.14. The Hall–Kier alpha value is -3.23. The number of aryl methyl sites for hydroxylation is 1. The minimum absolute atomic E-state index is 0.197. The van der Waals surface area contributed by atoms with Gasteiger partial charge in [0.05, 0.1) is 12.7 Å². The predicted octanol–water partition coefficient (Wildman–Crippen LogP) is 1.22. The van der Waals surface area contributed by atoms with E-state index in [0.717, 1.165) is 0 Å². The number of carbonyl (C=O) groups excluding carboxylic acids is 1. The van der Waals surface area contributed by atoms with Crippen molar-refractivity contribution in [3.63, 3.8) is 0 Å². The van der Waals surface area contributed by atoms with Gasteiger partial charge in [-0.25, -0.2) is 4.68 Å². The SMILES string of the molecule is Cc1noc(-c2cn(CCNC(=O)C(C)Oc3ccccc3)nn2)n1. The molecule has 0 aliphatic heterocycles. The van der Waals surface area contributed by atoms with E-state index in [-0.39, 0.29) is 5.91 Å². The highest BCUT2D eigenvalue weighted by atomic mass is 16.5. The van der Waals surface area contributed by atoms with E-state index in [0.29, 0.717) is 36.2 Å². The fraction of sp³-hybridized carbons (Fsp3) is 0.312. The first-order valence-electron chi connectivity index (χ1n) is 7.82. The molecule has 1 amide bonds. The van der Waals surface area contributed by atoms with Gasteiger partial charge in [-0.15, -0.1) is 5.10 Å². The van der Waals surface area contributed by atoms with Crippen LogP contribution in [-0.4, -0.2) is 43.7 Å². The van der Waals surface area contributed by atoms with Crippen molar-refractivity contribution in [3.05, 3.63) is 42.4 Å². The number of ether oxygens (including phenoxy) is 1. The van der Waals surface area contributed by atoms with Crippen LogP contribution in [0.1, 0.15) is 12.7 Å². The third kappa shape index (κ3) is 4.40. The second-order valence-corrected chi connectivity index (χ2v) is 5.38. The van der Waals surface area contributed by atoms with Crippen LogP contribution in [-0.2, 0) is 11.3 Å². The van der Waals surface area contributed by atoms with Gasteiger partial charge < -0.3 is 14.6 Å². The molecule has 9 nitrogen and oxygen atoms in total. The summed E-state index contributed by atoms with van der Waals surface area (Å²) in [6.07, 6.45) is 1.10. The molecule has 25 heavy (non-hydrogen) atoms. The molecule has 0 saturated carbocycles. The number of benzene rings is 1. The first-order valence-corrected chi connectivity index (χ1v) is 7.82. The molecule has 0 spiro atoms. The number of nitrogens with one attached hydrogen (secondary N) is 1. The first-order chi connectivity index (χ1) is 12.1. The zero-order valence-electron chi connectivity index (χ0n) is 13.9. The highest BCUT2D eigenvalue weighted by molar-refractivity contribution is 5.80. The zero-order valence-corrected chi connectivity index (χ0v) is 13.9. The van der Waals surface area contributed by atoms with Gasteiger partial charge in [0.1, 0.15) is 5.75 Å². The quantitative estimate of drug-likeness (QED) is 0.687. The van der Waals surface area contributed by atoms with E-state index in [1.54, 1.807) is 36.9 Å². The first kappa shape index (κ1) is 16.6. The van der Waals surface area contributed by atoms with Crippen LogP contribution < -0.4 is 10.1 Å². The highest BCUT2D eigenvalue weighted by Crippen LogP contribution is 2.12. The van der Waals surface area contributed by atoms with Crippen molar-refractivity contribution in [2.75, 3.05) is 6.54 Å². The largest absolute Gasteiger partial charge is 0.481 e. The summed E-state index contributed by atoms with van der Waals surface area (Å²) < 4.78 is 12.2. The van der Waals surface area contributed by atoms with E-state index < -0.39 is 6.10 Å². The standard InChI is InChI=1S/C16H18N6O3/c1-11(24-13-6-4-3-5-7-13)15(23)17-8-9-22-10-14(19-21-22)16-18-12(2)20-25-16/h3-7,10-11H,8-9H2,1-2H3,(H,17,23). The van der Waals surface area contributed by atoms with Crippen LogP contribution in [0, 0.1) is 6.92 Å². The van der Waals surface area contributed by atoms with Crippen molar-refractivity contribution in [1.82, 2.24) is 30.5 Å². The summed E-state index contributed by atoms with van der Waals surface area (Å²) in [5.41, 5.74) is 0.493. The van der Waals surface area contributed by atoms with Crippen LogP contribution in [0.3, 0.4) is 0 Å². The molecule has 2 aromatic heterocycles. The number of rotatable bonds is 7. The Balaban J connectivity index is 1.46. The minimum atomic E-state index is -0.588. The Morgan fingerprint density at radius 3 is 2.88 bits per heavy atom. The van der Waals surface area contributed by atoms with Crippen molar-refractivity contribution in [1.29, 1.82) is 0 Å². The maximum absolute atomic E-state index is 12.1. The predicted molar refractivity (Wildman–Crippen MR) is 87.6 cm³/mol. The van der Waals surface area contributed by atoms with Crippen LogP contribution in [0.15, 0.2) is 41.1 Å². The summed E-state index contributed by atoms with van der Waals surface area (Å²) in [5.74, 6) is 1.31. The monoisotopic (exact) mass is 342 g/mol. The molecule has 1 unspecified atom stereocenters. The Bertz CT molecular complexity index is 829. The van der Waals surface area contributed by atoms with Crippen molar-refractivity contribution >= 4 is 5.91 Å². The molecule has 3 aromatic rings. The maximum atomic E-state index is 12.1. The number of hydrogen-bond acceptors (Lipinski definition) is 7. The third-order valence-corrected chi connectivity index (χ3v) is 3.35. The van der Waals surface area contributed by atoms with Crippen molar-refractivity contribution in [2.24, 2.45) is 0 Å². The van der Waals surface area contributed by atoms with E-state index in [4.69, 9.17) is 9.26 Å². The van der Waals surface area contributed by atoms with E-state index >= 15 is 0 Å². The van der Waals surface area contributed by atoms with Crippen LogP contribution >= 0.6 is 0 Å². The molecule has 1 N–H and O–H groups in total.